The number of carboxylic acid groups (broad SMARTS) is 1. The highest BCUT2D eigenvalue weighted by Crippen LogP contribution is 2.28. The van der Waals surface area contributed by atoms with Gasteiger partial charge in [-0.1, -0.05) is 6.07 Å². The summed E-state index contributed by atoms with van der Waals surface area (Å²) in [7, 11) is 1.47. The molecule has 142 valence electrons. The number of carboxylic acids is 1. The molecule has 0 aliphatic heterocycles. The van der Waals surface area contributed by atoms with Gasteiger partial charge < -0.3 is 19.3 Å². The molecule has 0 unspecified atom stereocenters. The predicted octanol–water partition coefficient (Wildman–Crippen LogP) is 3.47. The van der Waals surface area contributed by atoms with Gasteiger partial charge in [-0.25, -0.2) is 9.59 Å². The molecule has 1 N–H and O–H groups in total. The van der Waals surface area contributed by atoms with Gasteiger partial charge in [-0.2, -0.15) is 0 Å². The number of methoxy groups -OCH3 is 1. The van der Waals surface area contributed by atoms with E-state index in [2.05, 4.69) is 4.99 Å². The molecule has 2 aromatic carbocycles. The van der Waals surface area contributed by atoms with E-state index in [-0.39, 0.29) is 0 Å². The van der Waals surface area contributed by atoms with E-state index in [1.807, 2.05) is 0 Å². The molecule has 7 heteroatoms. The maximum absolute atomic E-state index is 11.8. The Labute approximate surface area is 157 Å². The first kappa shape index (κ1) is 20.0. The lowest BCUT2D eigenvalue weighted by Gasteiger charge is -2.14. The summed E-state index contributed by atoms with van der Waals surface area (Å²) in [5, 5.41) is 8.95. The summed E-state index contributed by atoms with van der Waals surface area (Å²) < 4.78 is 15.6. The van der Waals surface area contributed by atoms with Crippen molar-refractivity contribution in [1.82, 2.24) is 0 Å². The highest BCUT2D eigenvalue weighted by molar-refractivity contribution is 5.91. The summed E-state index contributed by atoms with van der Waals surface area (Å²) in [6, 6.07) is 11.8. The Morgan fingerprint density at radius 1 is 1.19 bits per heavy atom. The summed E-state index contributed by atoms with van der Waals surface area (Å²) in [4.78, 5) is 27.1. The Balaban J connectivity index is 2.18. The van der Waals surface area contributed by atoms with Crippen LogP contribution in [0.25, 0.3) is 0 Å². The highest BCUT2D eigenvalue weighted by atomic mass is 16.5. The summed E-state index contributed by atoms with van der Waals surface area (Å²) in [5.41, 5.74) is 1.75. The zero-order valence-electron chi connectivity index (χ0n) is 15.3. The SMILES string of the molecule is CCOC(=O)c1cccc(N=Cc2ccc(O[C@H](C)C(=O)O)c(OC)c2)c1. The third-order valence-electron chi connectivity index (χ3n) is 3.56. The molecular weight excluding hydrogens is 350 g/mol. The largest absolute Gasteiger partial charge is 0.493 e. The van der Waals surface area contributed by atoms with Gasteiger partial charge in [0.1, 0.15) is 0 Å². The summed E-state index contributed by atoms with van der Waals surface area (Å²) >= 11 is 0. The second-order valence-electron chi connectivity index (χ2n) is 5.54. The molecule has 0 saturated heterocycles. The fourth-order valence-corrected chi connectivity index (χ4v) is 2.18. The molecule has 0 bridgehead atoms. The minimum atomic E-state index is -1.07. The first-order valence-electron chi connectivity index (χ1n) is 8.33. The lowest BCUT2D eigenvalue weighted by Crippen LogP contribution is -2.23. The molecule has 0 aliphatic carbocycles. The Bertz CT molecular complexity index is 846. The van der Waals surface area contributed by atoms with Gasteiger partial charge in [0.15, 0.2) is 17.6 Å². The molecule has 0 saturated carbocycles. The van der Waals surface area contributed by atoms with Crippen molar-refractivity contribution in [2.75, 3.05) is 13.7 Å². The highest BCUT2D eigenvalue weighted by Gasteiger charge is 2.15. The average molecular weight is 371 g/mol. The Morgan fingerprint density at radius 3 is 2.63 bits per heavy atom. The van der Waals surface area contributed by atoms with Crippen molar-refractivity contribution >= 4 is 23.8 Å². The quantitative estimate of drug-likeness (QED) is 0.564. The summed E-state index contributed by atoms with van der Waals surface area (Å²) in [6.07, 6.45) is 0.612. The molecule has 7 nitrogen and oxygen atoms in total. The number of ether oxygens (including phenoxy) is 3. The van der Waals surface area contributed by atoms with Gasteiger partial charge in [-0.3, -0.25) is 4.99 Å². The molecule has 0 heterocycles. The van der Waals surface area contributed by atoms with E-state index in [0.29, 0.717) is 29.4 Å². The fraction of sp³-hybridized carbons (Fsp3) is 0.250. The number of aliphatic imine (C=N–C) groups is 1. The number of carbonyl (C=O) groups is 2. The molecule has 2 aromatic rings. The van der Waals surface area contributed by atoms with Gasteiger partial charge >= 0.3 is 11.9 Å². The molecule has 0 radical (unpaired) electrons. The van der Waals surface area contributed by atoms with Crippen molar-refractivity contribution in [3.63, 3.8) is 0 Å². The molecular formula is C20H21NO6. The van der Waals surface area contributed by atoms with E-state index in [9.17, 15) is 9.59 Å². The predicted molar refractivity (Wildman–Crippen MR) is 100 cm³/mol. The van der Waals surface area contributed by atoms with Crippen LogP contribution in [0.4, 0.5) is 5.69 Å². The third kappa shape index (κ3) is 5.57. The number of hydrogen-bond acceptors (Lipinski definition) is 6. The van der Waals surface area contributed by atoms with Crippen LogP contribution in [0.5, 0.6) is 11.5 Å². The molecule has 0 aromatic heterocycles. The van der Waals surface area contributed by atoms with Crippen LogP contribution in [0, 0.1) is 0 Å². The molecule has 0 aliphatic rings. The van der Waals surface area contributed by atoms with Crippen molar-refractivity contribution in [2.45, 2.75) is 20.0 Å². The van der Waals surface area contributed by atoms with Crippen LogP contribution in [0.2, 0.25) is 0 Å². The van der Waals surface area contributed by atoms with E-state index in [4.69, 9.17) is 19.3 Å². The molecule has 0 spiro atoms. The number of hydrogen-bond donors (Lipinski definition) is 1. The Kier molecular flexibility index (Phi) is 6.93. The molecule has 0 fully saturated rings. The zero-order valence-corrected chi connectivity index (χ0v) is 15.3. The number of benzene rings is 2. The van der Waals surface area contributed by atoms with Gasteiger partial charge in [0.05, 0.1) is 25.0 Å². The maximum Gasteiger partial charge on any atom is 0.344 e. The smallest absolute Gasteiger partial charge is 0.344 e. The topological polar surface area (TPSA) is 94.4 Å². The van der Waals surface area contributed by atoms with Gasteiger partial charge in [-0.15, -0.1) is 0 Å². The summed E-state index contributed by atoms with van der Waals surface area (Å²) in [5.74, 6) is -0.740. The standard InChI is InChI=1S/C20H21NO6/c1-4-26-20(24)15-6-5-7-16(11-15)21-12-14-8-9-17(18(10-14)25-3)27-13(2)19(22)23/h5-13H,4H2,1-3H3,(H,22,23)/t13-/m1/s1. The molecule has 27 heavy (non-hydrogen) atoms. The number of aliphatic carboxylic acids is 1. The third-order valence-corrected chi connectivity index (χ3v) is 3.56. The van der Waals surface area contributed by atoms with Crippen LogP contribution < -0.4 is 9.47 Å². The maximum atomic E-state index is 11.8. The van der Waals surface area contributed by atoms with Gasteiger partial charge in [0.2, 0.25) is 0 Å². The number of carbonyl (C=O) groups excluding carboxylic acids is 1. The second-order valence-corrected chi connectivity index (χ2v) is 5.54. The van der Waals surface area contributed by atoms with Crippen molar-refractivity contribution in [1.29, 1.82) is 0 Å². The first-order valence-corrected chi connectivity index (χ1v) is 8.33. The normalized spacial score (nSPS) is 11.8. The summed E-state index contributed by atoms with van der Waals surface area (Å²) in [6.45, 7) is 3.49. The average Bonchev–Trinajstić information content (AvgIpc) is 2.67. The van der Waals surface area contributed by atoms with Gasteiger partial charge in [0, 0.05) is 6.21 Å². The zero-order chi connectivity index (χ0) is 19.8. The van der Waals surface area contributed by atoms with Gasteiger partial charge in [0.25, 0.3) is 0 Å². The number of nitrogens with zero attached hydrogens (tertiary/aromatic N) is 1. The second kappa shape index (κ2) is 9.38. The molecule has 2 rings (SSSR count). The van der Waals surface area contributed by atoms with Crippen LogP contribution in [-0.2, 0) is 9.53 Å². The Morgan fingerprint density at radius 2 is 1.96 bits per heavy atom. The fourth-order valence-electron chi connectivity index (χ4n) is 2.18. The molecule has 1 atom stereocenters. The van der Waals surface area contributed by atoms with E-state index < -0.39 is 18.0 Å². The molecule has 0 amide bonds. The lowest BCUT2D eigenvalue weighted by molar-refractivity contribution is -0.144. The van der Waals surface area contributed by atoms with E-state index >= 15 is 0 Å². The minimum Gasteiger partial charge on any atom is -0.493 e. The monoisotopic (exact) mass is 371 g/mol. The van der Waals surface area contributed by atoms with Crippen molar-refractivity contribution in [2.24, 2.45) is 4.99 Å². The van der Waals surface area contributed by atoms with Crippen LogP contribution in [0.15, 0.2) is 47.5 Å². The van der Waals surface area contributed by atoms with E-state index in [1.54, 1.807) is 55.6 Å². The van der Waals surface area contributed by atoms with Crippen molar-refractivity contribution < 1.29 is 28.9 Å². The van der Waals surface area contributed by atoms with Crippen LogP contribution in [-0.4, -0.2) is 43.1 Å². The van der Waals surface area contributed by atoms with E-state index in [0.717, 1.165) is 5.56 Å². The lowest BCUT2D eigenvalue weighted by atomic mass is 10.2. The van der Waals surface area contributed by atoms with Crippen molar-refractivity contribution in [3.8, 4) is 11.5 Å². The van der Waals surface area contributed by atoms with Crippen LogP contribution >= 0.6 is 0 Å². The van der Waals surface area contributed by atoms with Crippen molar-refractivity contribution in [3.05, 3.63) is 53.6 Å². The van der Waals surface area contributed by atoms with Crippen LogP contribution in [0.3, 0.4) is 0 Å². The van der Waals surface area contributed by atoms with Gasteiger partial charge in [-0.05, 0) is 55.8 Å². The minimum absolute atomic E-state index is 0.307. The Hall–Kier alpha value is -3.35. The van der Waals surface area contributed by atoms with Crippen LogP contribution in [0.1, 0.15) is 29.8 Å². The van der Waals surface area contributed by atoms with E-state index in [1.165, 1.54) is 14.0 Å². The number of esters is 1. The number of rotatable bonds is 8. The first-order chi connectivity index (χ1) is 12.9.